The summed E-state index contributed by atoms with van der Waals surface area (Å²) >= 11 is 0. The van der Waals surface area contributed by atoms with Gasteiger partial charge in [-0.3, -0.25) is 14.9 Å². The summed E-state index contributed by atoms with van der Waals surface area (Å²) < 4.78 is 1.95. The van der Waals surface area contributed by atoms with Crippen LogP contribution in [0.4, 0.5) is 0 Å². The van der Waals surface area contributed by atoms with E-state index >= 15 is 0 Å². The molecule has 0 saturated carbocycles. The summed E-state index contributed by atoms with van der Waals surface area (Å²) in [6.45, 7) is 0.135. The maximum absolute atomic E-state index is 12.4. The van der Waals surface area contributed by atoms with Crippen LogP contribution in [0.3, 0.4) is 0 Å². The van der Waals surface area contributed by atoms with E-state index in [2.05, 4.69) is 10.3 Å². The number of nitrogens with zero attached hydrogens (tertiary/aromatic N) is 2. The monoisotopic (exact) mass is 337 g/mol. The number of pyridine rings is 1. The first kappa shape index (κ1) is 15.8. The minimum absolute atomic E-state index is 0.135. The highest BCUT2D eigenvalue weighted by atomic mass is 16.3. The summed E-state index contributed by atoms with van der Waals surface area (Å²) in [5, 5.41) is 13.7. The van der Waals surface area contributed by atoms with E-state index in [0.29, 0.717) is 19.3 Å². The fraction of sp³-hybridized carbons (Fsp3) is 0.316. The number of aromatic nitrogens is 2. The topological polar surface area (TPSA) is 84.2 Å². The molecule has 128 valence electrons. The number of benzene rings is 1. The standard InChI is InChI=1S/C19H19N3O3/c23-11-3-4-12-9-10-20-18-17(12)13-5-1-2-6-14(13)22(18)15-7-8-16(24)21-19(15)25/h1-2,5-6,9-10,15,23H,3-4,7-8,11H2,(H,21,24,25). The summed E-state index contributed by atoms with van der Waals surface area (Å²) in [5.41, 5.74) is 2.81. The molecule has 1 aliphatic rings. The second-order valence-electron chi connectivity index (χ2n) is 6.35. The van der Waals surface area contributed by atoms with E-state index in [-0.39, 0.29) is 18.4 Å². The zero-order valence-electron chi connectivity index (χ0n) is 13.7. The van der Waals surface area contributed by atoms with Crippen molar-refractivity contribution in [3.05, 3.63) is 42.1 Å². The zero-order chi connectivity index (χ0) is 17.4. The highest BCUT2D eigenvalue weighted by Gasteiger charge is 2.31. The Bertz CT molecular complexity index is 977. The van der Waals surface area contributed by atoms with Crippen LogP contribution in [0.25, 0.3) is 21.9 Å². The molecule has 0 spiro atoms. The van der Waals surface area contributed by atoms with Gasteiger partial charge in [0.1, 0.15) is 11.7 Å². The molecule has 0 bridgehead atoms. The van der Waals surface area contributed by atoms with E-state index in [1.165, 1.54) is 0 Å². The summed E-state index contributed by atoms with van der Waals surface area (Å²) in [5.74, 6) is -0.500. The minimum atomic E-state index is -0.444. The summed E-state index contributed by atoms with van der Waals surface area (Å²) in [4.78, 5) is 28.5. The molecule has 6 heteroatoms. The van der Waals surface area contributed by atoms with Crippen molar-refractivity contribution in [3.8, 4) is 0 Å². The Morgan fingerprint density at radius 2 is 2.08 bits per heavy atom. The van der Waals surface area contributed by atoms with E-state index in [1.807, 2.05) is 34.9 Å². The lowest BCUT2D eigenvalue weighted by Crippen LogP contribution is -2.41. The van der Waals surface area contributed by atoms with Crippen molar-refractivity contribution in [2.24, 2.45) is 0 Å². The van der Waals surface area contributed by atoms with Crippen LogP contribution >= 0.6 is 0 Å². The second-order valence-corrected chi connectivity index (χ2v) is 6.35. The lowest BCUT2D eigenvalue weighted by atomic mass is 10.1. The van der Waals surface area contributed by atoms with Crippen molar-refractivity contribution >= 4 is 33.8 Å². The number of rotatable bonds is 4. The minimum Gasteiger partial charge on any atom is -0.396 e. The molecular weight excluding hydrogens is 318 g/mol. The van der Waals surface area contributed by atoms with Crippen LogP contribution in [0, 0.1) is 0 Å². The number of piperidine rings is 1. The molecule has 2 aromatic heterocycles. The summed E-state index contributed by atoms with van der Waals surface area (Å²) in [6.07, 6.45) is 3.97. The van der Waals surface area contributed by atoms with E-state index in [9.17, 15) is 14.7 Å². The number of hydrogen-bond donors (Lipinski definition) is 2. The maximum atomic E-state index is 12.4. The number of carbonyl (C=O) groups excluding carboxylic acids is 2. The van der Waals surface area contributed by atoms with Crippen LogP contribution in [-0.2, 0) is 16.0 Å². The Morgan fingerprint density at radius 3 is 2.88 bits per heavy atom. The van der Waals surface area contributed by atoms with Crippen molar-refractivity contribution in [2.75, 3.05) is 6.61 Å². The van der Waals surface area contributed by atoms with E-state index in [1.54, 1.807) is 6.20 Å². The first-order valence-corrected chi connectivity index (χ1v) is 8.52. The molecule has 2 amide bonds. The highest BCUT2D eigenvalue weighted by molar-refractivity contribution is 6.10. The summed E-state index contributed by atoms with van der Waals surface area (Å²) in [6, 6.07) is 9.46. The van der Waals surface area contributed by atoms with Gasteiger partial charge >= 0.3 is 0 Å². The number of para-hydroxylation sites is 1. The van der Waals surface area contributed by atoms with Crippen molar-refractivity contribution in [3.63, 3.8) is 0 Å². The Balaban J connectivity index is 1.97. The predicted octanol–water partition coefficient (Wildman–Crippen LogP) is 2.09. The van der Waals surface area contributed by atoms with Gasteiger partial charge in [-0.05, 0) is 37.0 Å². The molecule has 3 heterocycles. The van der Waals surface area contributed by atoms with Gasteiger partial charge in [0, 0.05) is 30.0 Å². The molecule has 1 aliphatic heterocycles. The number of hydrogen-bond acceptors (Lipinski definition) is 4. The van der Waals surface area contributed by atoms with E-state index < -0.39 is 6.04 Å². The van der Waals surface area contributed by atoms with Crippen LogP contribution in [0.15, 0.2) is 36.5 Å². The number of fused-ring (bicyclic) bond motifs is 3. The number of carbonyl (C=O) groups is 2. The van der Waals surface area contributed by atoms with Gasteiger partial charge in [-0.15, -0.1) is 0 Å². The van der Waals surface area contributed by atoms with Crippen molar-refractivity contribution < 1.29 is 14.7 Å². The fourth-order valence-electron chi connectivity index (χ4n) is 3.70. The quantitative estimate of drug-likeness (QED) is 0.714. The molecule has 1 aromatic carbocycles. The maximum Gasteiger partial charge on any atom is 0.249 e. The van der Waals surface area contributed by atoms with Crippen molar-refractivity contribution in [2.45, 2.75) is 31.7 Å². The van der Waals surface area contributed by atoms with Crippen LogP contribution in [0.2, 0.25) is 0 Å². The lowest BCUT2D eigenvalue weighted by molar-refractivity contribution is -0.135. The molecule has 2 N–H and O–H groups in total. The molecule has 25 heavy (non-hydrogen) atoms. The van der Waals surface area contributed by atoms with Gasteiger partial charge in [0.2, 0.25) is 11.8 Å². The van der Waals surface area contributed by atoms with Gasteiger partial charge in [-0.1, -0.05) is 18.2 Å². The van der Waals surface area contributed by atoms with Crippen molar-refractivity contribution in [1.82, 2.24) is 14.9 Å². The number of aryl methyl sites for hydroxylation is 1. The molecule has 1 fully saturated rings. The third-order valence-corrected chi connectivity index (χ3v) is 4.80. The van der Waals surface area contributed by atoms with Gasteiger partial charge in [-0.25, -0.2) is 4.98 Å². The largest absolute Gasteiger partial charge is 0.396 e. The molecule has 1 atom stereocenters. The van der Waals surface area contributed by atoms with Gasteiger partial charge in [-0.2, -0.15) is 0 Å². The number of imide groups is 1. The van der Waals surface area contributed by atoms with Crippen LogP contribution in [-0.4, -0.2) is 33.1 Å². The Labute approximate surface area is 144 Å². The Kier molecular flexibility index (Phi) is 3.97. The first-order valence-electron chi connectivity index (χ1n) is 8.52. The summed E-state index contributed by atoms with van der Waals surface area (Å²) in [7, 11) is 0. The van der Waals surface area contributed by atoms with Gasteiger partial charge in [0.25, 0.3) is 0 Å². The molecular formula is C19H19N3O3. The molecule has 6 nitrogen and oxygen atoms in total. The lowest BCUT2D eigenvalue weighted by Gasteiger charge is -2.23. The highest BCUT2D eigenvalue weighted by Crippen LogP contribution is 2.35. The van der Waals surface area contributed by atoms with Gasteiger partial charge < -0.3 is 9.67 Å². The fourth-order valence-corrected chi connectivity index (χ4v) is 3.70. The van der Waals surface area contributed by atoms with Gasteiger partial charge in [0.05, 0.1) is 5.52 Å². The van der Waals surface area contributed by atoms with E-state index in [0.717, 1.165) is 33.9 Å². The molecule has 0 radical (unpaired) electrons. The number of aliphatic hydroxyl groups excluding tert-OH is 1. The predicted molar refractivity (Wildman–Crippen MR) is 94.1 cm³/mol. The molecule has 1 unspecified atom stereocenters. The molecule has 3 aromatic rings. The zero-order valence-corrected chi connectivity index (χ0v) is 13.7. The third-order valence-electron chi connectivity index (χ3n) is 4.80. The number of aliphatic hydroxyl groups is 1. The first-order chi connectivity index (χ1) is 12.2. The second kappa shape index (κ2) is 6.29. The van der Waals surface area contributed by atoms with Crippen LogP contribution in [0.5, 0.6) is 0 Å². The van der Waals surface area contributed by atoms with Crippen LogP contribution < -0.4 is 5.32 Å². The molecule has 0 aliphatic carbocycles. The van der Waals surface area contributed by atoms with E-state index in [4.69, 9.17) is 0 Å². The SMILES string of the molecule is O=C1CCC(n2c3ccccc3c3c(CCCO)ccnc32)C(=O)N1. The number of nitrogens with one attached hydrogen (secondary N) is 1. The molecule has 1 saturated heterocycles. The van der Waals surface area contributed by atoms with Crippen LogP contribution in [0.1, 0.15) is 30.9 Å². The average Bonchev–Trinajstić information content (AvgIpc) is 2.95. The number of amides is 2. The normalized spacial score (nSPS) is 18.0. The van der Waals surface area contributed by atoms with Gasteiger partial charge in [0.15, 0.2) is 0 Å². The third kappa shape index (κ3) is 2.59. The smallest absolute Gasteiger partial charge is 0.249 e. The van der Waals surface area contributed by atoms with Crippen molar-refractivity contribution in [1.29, 1.82) is 0 Å². The molecule has 4 rings (SSSR count). The Hall–Kier alpha value is -2.73. The Morgan fingerprint density at radius 1 is 1.24 bits per heavy atom. The average molecular weight is 337 g/mol.